The third-order valence-corrected chi connectivity index (χ3v) is 7.21. The second kappa shape index (κ2) is 8.51. The van der Waals surface area contributed by atoms with E-state index in [4.69, 9.17) is 21.3 Å². The minimum Gasteiger partial charge on any atom is -0.442 e. The van der Waals surface area contributed by atoms with E-state index in [1.54, 1.807) is 17.0 Å². The SMILES string of the molecule is O=C(NC[C@H]1CN(c2ccc(N3CCN=C3C3CCC3)cc2)C(=O)O1)c1ccc(Cl)s1. The van der Waals surface area contributed by atoms with Crippen LogP contribution in [0.2, 0.25) is 4.34 Å². The number of thiophene rings is 1. The average molecular weight is 459 g/mol. The lowest BCUT2D eigenvalue weighted by Crippen LogP contribution is -2.36. The number of cyclic esters (lactones) is 1. The fourth-order valence-corrected chi connectivity index (χ4v) is 5.08. The van der Waals surface area contributed by atoms with Crippen molar-refractivity contribution >= 4 is 52.1 Å². The number of hydrogen-bond donors (Lipinski definition) is 1. The van der Waals surface area contributed by atoms with Crippen LogP contribution in [0.1, 0.15) is 28.9 Å². The Morgan fingerprint density at radius 3 is 2.55 bits per heavy atom. The highest BCUT2D eigenvalue weighted by atomic mass is 35.5. The first kappa shape index (κ1) is 20.3. The van der Waals surface area contributed by atoms with Gasteiger partial charge in [-0.05, 0) is 49.2 Å². The van der Waals surface area contributed by atoms with Gasteiger partial charge in [-0.25, -0.2) is 4.79 Å². The number of carbonyl (C=O) groups is 2. The molecule has 1 N–H and O–H groups in total. The van der Waals surface area contributed by atoms with Crippen LogP contribution in [0.15, 0.2) is 41.4 Å². The molecule has 2 aromatic rings. The van der Waals surface area contributed by atoms with Crippen LogP contribution in [0.3, 0.4) is 0 Å². The fraction of sp³-hybridized carbons (Fsp3) is 0.409. The number of carbonyl (C=O) groups excluding carboxylic acids is 2. The number of hydrogen-bond acceptors (Lipinski definition) is 6. The van der Waals surface area contributed by atoms with Crippen molar-refractivity contribution in [3.05, 3.63) is 45.6 Å². The predicted molar refractivity (Wildman–Crippen MR) is 123 cm³/mol. The van der Waals surface area contributed by atoms with Crippen molar-refractivity contribution in [3.63, 3.8) is 0 Å². The number of benzene rings is 1. The standard InChI is InChI=1S/C22H23ClN4O3S/c23-19-9-8-18(31-19)21(28)25-12-17-13-27(22(29)30-17)16-6-4-15(5-7-16)26-11-10-24-20(26)14-2-1-3-14/h4-9,14,17H,1-3,10-13H2,(H,25,28)/t17-/m0/s1. The Balaban J connectivity index is 1.19. The molecule has 1 aliphatic carbocycles. The maximum absolute atomic E-state index is 12.4. The molecule has 1 atom stereocenters. The minimum atomic E-state index is -0.400. The van der Waals surface area contributed by atoms with Gasteiger partial charge in [-0.15, -0.1) is 11.3 Å². The molecule has 162 valence electrons. The summed E-state index contributed by atoms with van der Waals surface area (Å²) in [7, 11) is 0. The molecule has 5 rings (SSSR count). The van der Waals surface area contributed by atoms with Gasteiger partial charge in [0.25, 0.3) is 5.91 Å². The number of rotatable bonds is 6. The van der Waals surface area contributed by atoms with Gasteiger partial charge in [0.05, 0.1) is 28.8 Å². The summed E-state index contributed by atoms with van der Waals surface area (Å²) in [6.45, 7) is 2.40. The average Bonchev–Trinajstić information content (AvgIpc) is 3.45. The van der Waals surface area contributed by atoms with Crippen LogP contribution in [0.5, 0.6) is 0 Å². The lowest BCUT2D eigenvalue weighted by Gasteiger charge is -2.32. The molecule has 0 bridgehead atoms. The maximum Gasteiger partial charge on any atom is 0.414 e. The highest BCUT2D eigenvalue weighted by molar-refractivity contribution is 7.18. The van der Waals surface area contributed by atoms with Gasteiger partial charge in [-0.2, -0.15) is 0 Å². The van der Waals surface area contributed by atoms with Crippen molar-refractivity contribution in [2.75, 3.05) is 36.0 Å². The number of nitrogens with one attached hydrogen (secondary N) is 1. The molecule has 3 aliphatic rings. The Labute approximate surface area is 189 Å². The van der Waals surface area contributed by atoms with Gasteiger partial charge in [0.2, 0.25) is 0 Å². The molecule has 31 heavy (non-hydrogen) atoms. The van der Waals surface area contributed by atoms with Crippen LogP contribution in [0.25, 0.3) is 0 Å². The zero-order chi connectivity index (χ0) is 21.4. The Morgan fingerprint density at radius 2 is 1.90 bits per heavy atom. The van der Waals surface area contributed by atoms with E-state index in [9.17, 15) is 9.59 Å². The number of nitrogens with zero attached hydrogens (tertiary/aromatic N) is 3. The van der Waals surface area contributed by atoms with E-state index in [0.29, 0.717) is 21.7 Å². The second-order valence-corrected chi connectivity index (χ2v) is 9.68. The van der Waals surface area contributed by atoms with E-state index in [1.165, 1.54) is 36.4 Å². The zero-order valence-electron chi connectivity index (χ0n) is 16.9. The van der Waals surface area contributed by atoms with Gasteiger partial charge in [0, 0.05) is 23.8 Å². The largest absolute Gasteiger partial charge is 0.442 e. The summed E-state index contributed by atoms with van der Waals surface area (Å²) in [4.78, 5) is 33.7. The van der Waals surface area contributed by atoms with E-state index >= 15 is 0 Å². The third-order valence-electron chi connectivity index (χ3n) is 5.98. The van der Waals surface area contributed by atoms with Crippen LogP contribution in [0.4, 0.5) is 16.2 Å². The van der Waals surface area contributed by atoms with Gasteiger partial charge in [-0.3, -0.25) is 14.7 Å². The van der Waals surface area contributed by atoms with Crippen molar-refractivity contribution in [3.8, 4) is 0 Å². The minimum absolute atomic E-state index is 0.217. The first-order valence-corrected chi connectivity index (χ1v) is 11.7. The summed E-state index contributed by atoms with van der Waals surface area (Å²) < 4.78 is 6.00. The van der Waals surface area contributed by atoms with Gasteiger partial charge in [-0.1, -0.05) is 18.0 Å². The zero-order valence-corrected chi connectivity index (χ0v) is 18.5. The monoisotopic (exact) mass is 458 g/mol. The van der Waals surface area contributed by atoms with Crippen molar-refractivity contribution in [2.24, 2.45) is 10.9 Å². The van der Waals surface area contributed by atoms with E-state index < -0.39 is 12.2 Å². The summed E-state index contributed by atoms with van der Waals surface area (Å²) in [6.07, 6.45) is 2.94. The highest BCUT2D eigenvalue weighted by Crippen LogP contribution is 2.33. The number of aliphatic imine (C=N–C) groups is 1. The maximum atomic E-state index is 12.4. The van der Waals surface area contributed by atoms with Gasteiger partial charge in [0.15, 0.2) is 0 Å². The van der Waals surface area contributed by atoms with Gasteiger partial charge in [0.1, 0.15) is 11.9 Å². The van der Waals surface area contributed by atoms with Crippen LogP contribution in [-0.4, -0.2) is 50.1 Å². The van der Waals surface area contributed by atoms with Gasteiger partial charge < -0.3 is 15.0 Å². The summed E-state index contributed by atoms with van der Waals surface area (Å²) in [5, 5.41) is 2.81. The Bertz CT molecular complexity index is 1020. The second-order valence-electron chi connectivity index (χ2n) is 7.97. The van der Waals surface area contributed by atoms with Crippen LogP contribution < -0.4 is 15.1 Å². The molecular formula is C22H23ClN4O3S. The van der Waals surface area contributed by atoms with Crippen molar-refractivity contribution < 1.29 is 14.3 Å². The predicted octanol–water partition coefficient (Wildman–Crippen LogP) is 4.18. The highest BCUT2D eigenvalue weighted by Gasteiger charge is 2.33. The molecule has 0 unspecified atom stereocenters. The lowest BCUT2D eigenvalue weighted by atomic mass is 9.84. The van der Waals surface area contributed by atoms with E-state index in [-0.39, 0.29) is 12.5 Å². The number of anilines is 2. The van der Waals surface area contributed by atoms with Crippen molar-refractivity contribution in [1.29, 1.82) is 0 Å². The molecule has 1 saturated carbocycles. The lowest BCUT2D eigenvalue weighted by molar-refractivity contribution is 0.0920. The molecule has 2 amide bonds. The van der Waals surface area contributed by atoms with Gasteiger partial charge >= 0.3 is 6.09 Å². The van der Waals surface area contributed by atoms with E-state index in [1.807, 2.05) is 24.3 Å². The summed E-state index contributed by atoms with van der Waals surface area (Å²) in [5.74, 6) is 1.59. The van der Waals surface area contributed by atoms with Crippen LogP contribution in [0, 0.1) is 5.92 Å². The number of halogens is 1. The molecule has 3 heterocycles. The van der Waals surface area contributed by atoms with Crippen LogP contribution in [-0.2, 0) is 4.74 Å². The Kier molecular flexibility index (Phi) is 5.58. The van der Waals surface area contributed by atoms with E-state index in [0.717, 1.165) is 24.5 Å². The Hall–Kier alpha value is -2.58. The normalized spacial score (nSPS) is 21.1. The quantitative estimate of drug-likeness (QED) is 0.704. The molecule has 9 heteroatoms. The molecule has 0 radical (unpaired) electrons. The topological polar surface area (TPSA) is 74.2 Å². The third kappa shape index (κ3) is 4.14. The molecule has 1 aromatic heterocycles. The number of amides is 2. The molecule has 7 nitrogen and oxygen atoms in total. The fourth-order valence-electron chi connectivity index (χ4n) is 4.12. The molecule has 0 spiro atoms. The molecule has 1 saturated heterocycles. The van der Waals surface area contributed by atoms with Crippen molar-refractivity contribution in [2.45, 2.75) is 25.4 Å². The summed E-state index contributed by atoms with van der Waals surface area (Å²) >= 11 is 7.09. The molecule has 2 aliphatic heterocycles. The first-order valence-electron chi connectivity index (χ1n) is 10.5. The van der Waals surface area contributed by atoms with Crippen molar-refractivity contribution in [1.82, 2.24) is 5.32 Å². The van der Waals surface area contributed by atoms with Crippen LogP contribution >= 0.6 is 22.9 Å². The molecular weight excluding hydrogens is 436 g/mol. The molecule has 2 fully saturated rings. The Morgan fingerprint density at radius 1 is 1.16 bits per heavy atom. The number of ether oxygens (including phenoxy) is 1. The number of amidine groups is 1. The van der Waals surface area contributed by atoms with E-state index in [2.05, 4.69) is 10.2 Å². The first-order chi connectivity index (χ1) is 15.1. The smallest absolute Gasteiger partial charge is 0.414 e. The summed E-state index contributed by atoms with van der Waals surface area (Å²) in [6, 6.07) is 11.3. The summed E-state index contributed by atoms with van der Waals surface area (Å²) in [5.41, 5.74) is 1.90. The molecule has 1 aromatic carbocycles.